The van der Waals surface area contributed by atoms with E-state index in [1.165, 1.54) is 4.68 Å². The Balaban J connectivity index is 2.33. The van der Waals surface area contributed by atoms with Crippen LogP contribution in [0.3, 0.4) is 0 Å². The third-order valence-electron chi connectivity index (χ3n) is 3.60. The van der Waals surface area contributed by atoms with E-state index in [2.05, 4.69) is 10.4 Å². The number of aliphatic hydroxyl groups excluding tert-OH is 1. The molecule has 0 fully saturated rings. The average Bonchev–Trinajstić information content (AvgIpc) is 2.73. The summed E-state index contributed by atoms with van der Waals surface area (Å²) in [4.78, 5) is 12.5. The molecule has 6 nitrogen and oxygen atoms in total. The number of hydrogen-bond donors (Lipinski definition) is 3. The van der Waals surface area contributed by atoms with E-state index in [0.717, 1.165) is 5.56 Å². The van der Waals surface area contributed by atoms with Gasteiger partial charge in [0.2, 0.25) is 0 Å². The molecular formula is C15H20N4O2. The van der Waals surface area contributed by atoms with Crippen molar-refractivity contribution in [1.82, 2.24) is 15.1 Å². The quantitative estimate of drug-likeness (QED) is 0.781. The van der Waals surface area contributed by atoms with Gasteiger partial charge in [-0.3, -0.25) is 9.48 Å². The molecular weight excluding hydrogens is 268 g/mol. The summed E-state index contributed by atoms with van der Waals surface area (Å²) in [7, 11) is 1.66. The maximum Gasteiger partial charge on any atom is 0.272 e. The van der Waals surface area contributed by atoms with Gasteiger partial charge in [-0.15, -0.1) is 0 Å². The number of rotatable bonds is 4. The summed E-state index contributed by atoms with van der Waals surface area (Å²) in [6.07, 6.45) is 0. The topological polar surface area (TPSA) is 93.2 Å². The Morgan fingerprint density at radius 1 is 1.43 bits per heavy atom. The zero-order chi connectivity index (χ0) is 15.6. The van der Waals surface area contributed by atoms with Gasteiger partial charge < -0.3 is 16.2 Å². The fraction of sp³-hybridized carbons (Fsp3) is 0.333. The first-order valence-corrected chi connectivity index (χ1v) is 6.67. The molecule has 0 aliphatic carbocycles. The lowest BCUT2D eigenvalue weighted by molar-refractivity contribution is 0.0841. The molecule has 2 aromatic rings. The number of anilines is 1. The number of benzene rings is 1. The van der Waals surface area contributed by atoms with Crippen LogP contribution in [0.1, 0.15) is 28.7 Å². The first-order chi connectivity index (χ1) is 9.89. The van der Waals surface area contributed by atoms with Gasteiger partial charge in [-0.1, -0.05) is 30.3 Å². The number of carbonyl (C=O) groups excluding carboxylic acids is 1. The SMILES string of the molecule is Cc1nn(C)c(C(=O)NC(C)(CO)c2ccccc2)c1N. The highest BCUT2D eigenvalue weighted by Crippen LogP contribution is 2.22. The van der Waals surface area contributed by atoms with Crippen molar-refractivity contribution in [2.75, 3.05) is 12.3 Å². The molecule has 1 aromatic carbocycles. The zero-order valence-electron chi connectivity index (χ0n) is 12.4. The van der Waals surface area contributed by atoms with Crippen molar-refractivity contribution in [3.63, 3.8) is 0 Å². The van der Waals surface area contributed by atoms with Gasteiger partial charge in [0.05, 0.1) is 23.5 Å². The fourth-order valence-electron chi connectivity index (χ4n) is 2.26. The Labute approximate surface area is 123 Å². The standard InChI is InChI=1S/C15H20N4O2/c1-10-12(16)13(19(3)18-10)14(21)17-15(2,9-20)11-7-5-4-6-8-11/h4-8,20H,9,16H2,1-3H3,(H,17,21). The van der Waals surface area contributed by atoms with Crippen LogP contribution in [0.4, 0.5) is 5.69 Å². The molecule has 0 radical (unpaired) electrons. The summed E-state index contributed by atoms with van der Waals surface area (Å²) in [6.45, 7) is 3.29. The summed E-state index contributed by atoms with van der Waals surface area (Å²) in [5.74, 6) is -0.365. The van der Waals surface area contributed by atoms with Crippen molar-refractivity contribution in [2.45, 2.75) is 19.4 Å². The predicted octanol–water partition coefficient (Wildman–Crippen LogP) is 0.948. The van der Waals surface area contributed by atoms with Crippen LogP contribution in [0.15, 0.2) is 30.3 Å². The maximum absolute atomic E-state index is 12.5. The molecule has 4 N–H and O–H groups in total. The molecule has 0 aliphatic rings. The van der Waals surface area contributed by atoms with E-state index in [1.54, 1.807) is 20.9 Å². The van der Waals surface area contributed by atoms with Gasteiger partial charge in [0.25, 0.3) is 5.91 Å². The van der Waals surface area contributed by atoms with E-state index in [4.69, 9.17) is 5.73 Å². The van der Waals surface area contributed by atoms with E-state index in [0.29, 0.717) is 17.1 Å². The maximum atomic E-state index is 12.5. The number of aromatic nitrogens is 2. The van der Waals surface area contributed by atoms with Crippen LogP contribution in [-0.2, 0) is 12.6 Å². The lowest BCUT2D eigenvalue weighted by Gasteiger charge is -2.29. The number of amides is 1. The number of nitrogens with one attached hydrogen (secondary N) is 1. The Morgan fingerprint density at radius 3 is 2.52 bits per heavy atom. The highest BCUT2D eigenvalue weighted by molar-refractivity contribution is 5.98. The number of nitrogen functional groups attached to an aromatic ring is 1. The van der Waals surface area contributed by atoms with Gasteiger partial charge in [0.15, 0.2) is 0 Å². The predicted molar refractivity (Wildman–Crippen MR) is 80.7 cm³/mol. The second kappa shape index (κ2) is 5.57. The van der Waals surface area contributed by atoms with Crippen LogP contribution < -0.4 is 11.1 Å². The van der Waals surface area contributed by atoms with Crippen LogP contribution in [-0.4, -0.2) is 27.4 Å². The molecule has 1 aromatic heterocycles. The van der Waals surface area contributed by atoms with Crippen LogP contribution in [0.25, 0.3) is 0 Å². The van der Waals surface area contributed by atoms with Gasteiger partial charge in [0, 0.05) is 7.05 Å². The Morgan fingerprint density at radius 2 is 2.05 bits per heavy atom. The molecule has 112 valence electrons. The smallest absolute Gasteiger partial charge is 0.272 e. The first kappa shape index (κ1) is 15.1. The molecule has 1 atom stereocenters. The van der Waals surface area contributed by atoms with E-state index in [1.807, 2.05) is 30.3 Å². The number of aliphatic hydroxyl groups is 1. The lowest BCUT2D eigenvalue weighted by Crippen LogP contribution is -2.47. The molecule has 0 saturated heterocycles. The third kappa shape index (κ3) is 2.75. The van der Waals surface area contributed by atoms with Crippen molar-refractivity contribution in [1.29, 1.82) is 0 Å². The molecule has 0 spiro atoms. The highest BCUT2D eigenvalue weighted by Gasteiger charge is 2.30. The number of nitrogens with two attached hydrogens (primary N) is 1. The molecule has 21 heavy (non-hydrogen) atoms. The summed E-state index contributed by atoms with van der Waals surface area (Å²) in [5.41, 5.74) is 7.08. The third-order valence-corrected chi connectivity index (χ3v) is 3.60. The Bertz CT molecular complexity index is 651. The molecule has 0 aliphatic heterocycles. The largest absolute Gasteiger partial charge is 0.395 e. The molecule has 1 unspecified atom stereocenters. The summed E-state index contributed by atoms with van der Waals surface area (Å²) in [6, 6.07) is 9.31. The molecule has 6 heteroatoms. The fourth-order valence-corrected chi connectivity index (χ4v) is 2.26. The Kier molecular flexibility index (Phi) is 3.99. The van der Waals surface area contributed by atoms with Gasteiger partial charge in [-0.2, -0.15) is 5.10 Å². The summed E-state index contributed by atoms with van der Waals surface area (Å²) in [5, 5.41) is 16.7. The van der Waals surface area contributed by atoms with Crippen LogP contribution >= 0.6 is 0 Å². The van der Waals surface area contributed by atoms with Crippen molar-refractivity contribution in [2.24, 2.45) is 7.05 Å². The molecule has 1 amide bonds. The lowest BCUT2D eigenvalue weighted by atomic mass is 9.92. The van der Waals surface area contributed by atoms with Crippen molar-refractivity contribution >= 4 is 11.6 Å². The average molecular weight is 288 g/mol. The minimum Gasteiger partial charge on any atom is -0.395 e. The first-order valence-electron chi connectivity index (χ1n) is 6.67. The number of nitrogens with zero attached hydrogens (tertiary/aromatic N) is 2. The highest BCUT2D eigenvalue weighted by atomic mass is 16.3. The molecule has 0 saturated carbocycles. The van der Waals surface area contributed by atoms with E-state index >= 15 is 0 Å². The van der Waals surface area contributed by atoms with Gasteiger partial charge in [-0.25, -0.2) is 0 Å². The van der Waals surface area contributed by atoms with Gasteiger partial charge in [-0.05, 0) is 19.4 Å². The van der Waals surface area contributed by atoms with Gasteiger partial charge in [0.1, 0.15) is 5.69 Å². The Hall–Kier alpha value is -2.34. The molecule has 2 rings (SSSR count). The van der Waals surface area contributed by atoms with Crippen LogP contribution in [0.5, 0.6) is 0 Å². The second-order valence-corrected chi connectivity index (χ2v) is 5.28. The normalized spacial score (nSPS) is 13.7. The zero-order valence-corrected chi connectivity index (χ0v) is 12.4. The summed E-state index contributed by atoms with van der Waals surface area (Å²) >= 11 is 0. The minimum absolute atomic E-state index is 0.223. The summed E-state index contributed by atoms with van der Waals surface area (Å²) < 4.78 is 1.45. The van der Waals surface area contributed by atoms with E-state index in [9.17, 15) is 9.90 Å². The molecule has 1 heterocycles. The number of carbonyl (C=O) groups is 1. The minimum atomic E-state index is -0.886. The van der Waals surface area contributed by atoms with E-state index < -0.39 is 5.54 Å². The van der Waals surface area contributed by atoms with Crippen LogP contribution in [0.2, 0.25) is 0 Å². The molecule has 0 bridgehead atoms. The van der Waals surface area contributed by atoms with Crippen molar-refractivity contribution in [3.8, 4) is 0 Å². The number of aryl methyl sites for hydroxylation is 2. The number of hydrogen-bond acceptors (Lipinski definition) is 4. The van der Waals surface area contributed by atoms with Crippen molar-refractivity contribution < 1.29 is 9.90 Å². The van der Waals surface area contributed by atoms with Crippen molar-refractivity contribution in [3.05, 3.63) is 47.3 Å². The monoisotopic (exact) mass is 288 g/mol. The second-order valence-electron chi connectivity index (χ2n) is 5.28. The van der Waals surface area contributed by atoms with Gasteiger partial charge >= 0.3 is 0 Å². The van der Waals surface area contributed by atoms with Crippen LogP contribution in [0, 0.1) is 6.92 Å². The van der Waals surface area contributed by atoms with E-state index in [-0.39, 0.29) is 12.5 Å².